The fourth-order valence-electron chi connectivity index (χ4n) is 2.79. The second-order valence-electron chi connectivity index (χ2n) is 7.34. The lowest BCUT2D eigenvalue weighted by molar-refractivity contribution is 0.0734. The van der Waals surface area contributed by atoms with Gasteiger partial charge in [-0.3, -0.25) is 4.99 Å². The van der Waals surface area contributed by atoms with Crippen molar-refractivity contribution in [3.05, 3.63) is 89.5 Å². The van der Waals surface area contributed by atoms with E-state index in [-0.39, 0.29) is 0 Å². The van der Waals surface area contributed by atoms with E-state index in [0.717, 1.165) is 23.4 Å². The van der Waals surface area contributed by atoms with E-state index in [1.165, 1.54) is 5.56 Å². The van der Waals surface area contributed by atoms with Gasteiger partial charge in [-0.2, -0.15) is 0 Å². The summed E-state index contributed by atoms with van der Waals surface area (Å²) in [5.41, 5.74) is 3.61. The Balaban J connectivity index is 1.57. The minimum atomic E-state index is -0.399. The van der Waals surface area contributed by atoms with E-state index in [4.69, 9.17) is 9.47 Å². The van der Waals surface area contributed by atoms with Gasteiger partial charge in [0.2, 0.25) is 0 Å². The Morgan fingerprint density at radius 1 is 0.900 bits per heavy atom. The van der Waals surface area contributed by atoms with Crippen molar-refractivity contribution >= 4 is 17.9 Å². The Bertz CT molecular complexity index is 972. The molecule has 0 aromatic heterocycles. The molecule has 0 radical (unpaired) electrons. The maximum atomic E-state index is 12.3. The second-order valence-corrected chi connectivity index (χ2v) is 7.34. The monoisotopic (exact) mass is 401 g/mol. The predicted octanol–water partition coefficient (Wildman–Crippen LogP) is 6.57. The number of aliphatic imine (C=N–C) groups is 1. The summed E-state index contributed by atoms with van der Waals surface area (Å²) in [6.07, 6.45) is 2.74. The van der Waals surface area contributed by atoms with Crippen LogP contribution in [0.25, 0.3) is 0 Å². The van der Waals surface area contributed by atoms with Crippen LogP contribution in [0.3, 0.4) is 0 Å². The zero-order valence-corrected chi connectivity index (χ0v) is 17.7. The molecular formula is C26H27NO3. The molecule has 154 valence electrons. The van der Waals surface area contributed by atoms with Crippen LogP contribution in [-0.4, -0.2) is 18.8 Å². The third-order valence-corrected chi connectivity index (χ3v) is 4.58. The largest absolute Gasteiger partial charge is 0.494 e. The van der Waals surface area contributed by atoms with E-state index < -0.39 is 5.97 Å². The molecule has 0 aliphatic rings. The van der Waals surface area contributed by atoms with Crippen LogP contribution in [0.5, 0.6) is 11.5 Å². The van der Waals surface area contributed by atoms with Gasteiger partial charge in [0.05, 0.1) is 17.9 Å². The van der Waals surface area contributed by atoms with Gasteiger partial charge in [-0.1, -0.05) is 32.9 Å². The highest BCUT2D eigenvalue weighted by molar-refractivity contribution is 5.91. The number of ether oxygens (including phenoxy) is 2. The normalized spacial score (nSPS) is 11.1. The maximum Gasteiger partial charge on any atom is 0.343 e. The predicted molar refractivity (Wildman–Crippen MR) is 121 cm³/mol. The molecule has 30 heavy (non-hydrogen) atoms. The van der Waals surface area contributed by atoms with Crippen LogP contribution in [0.1, 0.15) is 54.6 Å². The number of nitrogens with zero attached hydrogens (tertiary/aromatic N) is 1. The van der Waals surface area contributed by atoms with Gasteiger partial charge < -0.3 is 9.47 Å². The number of benzene rings is 3. The number of hydrogen-bond acceptors (Lipinski definition) is 4. The van der Waals surface area contributed by atoms with E-state index in [2.05, 4.69) is 31.0 Å². The van der Waals surface area contributed by atoms with E-state index in [0.29, 0.717) is 23.8 Å². The summed E-state index contributed by atoms with van der Waals surface area (Å²) >= 11 is 0. The van der Waals surface area contributed by atoms with Crippen molar-refractivity contribution in [1.82, 2.24) is 0 Å². The molecule has 3 aromatic rings. The third kappa shape index (κ3) is 6.05. The Labute approximate surface area is 178 Å². The van der Waals surface area contributed by atoms with Crippen molar-refractivity contribution in [2.75, 3.05) is 6.61 Å². The van der Waals surface area contributed by atoms with Crippen molar-refractivity contribution in [2.45, 2.75) is 33.1 Å². The molecule has 3 rings (SSSR count). The van der Waals surface area contributed by atoms with Gasteiger partial charge in [0.25, 0.3) is 0 Å². The SMILES string of the molecule is CCCOc1ccc(C(=O)Oc2ccc(C=Nc3ccc(C(C)C)cc3)cc2)cc1. The molecule has 0 saturated heterocycles. The number of carbonyl (C=O) groups is 1. The first-order valence-corrected chi connectivity index (χ1v) is 10.2. The number of rotatable bonds is 8. The Kier molecular flexibility index (Phi) is 7.39. The van der Waals surface area contributed by atoms with Crippen LogP contribution in [0.2, 0.25) is 0 Å². The summed E-state index contributed by atoms with van der Waals surface area (Å²) in [6.45, 7) is 7.04. The summed E-state index contributed by atoms with van der Waals surface area (Å²) < 4.78 is 11.0. The highest BCUT2D eigenvalue weighted by Gasteiger charge is 2.09. The molecule has 0 spiro atoms. The molecule has 0 unspecified atom stereocenters. The van der Waals surface area contributed by atoms with E-state index in [9.17, 15) is 4.79 Å². The lowest BCUT2D eigenvalue weighted by Gasteiger charge is -2.07. The first-order chi connectivity index (χ1) is 14.5. The van der Waals surface area contributed by atoms with Gasteiger partial charge in [-0.25, -0.2) is 4.79 Å². The molecule has 3 aromatic carbocycles. The molecule has 0 aliphatic heterocycles. The van der Waals surface area contributed by atoms with Gasteiger partial charge in [0, 0.05) is 6.21 Å². The van der Waals surface area contributed by atoms with Gasteiger partial charge in [-0.15, -0.1) is 0 Å². The highest BCUT2D eigenvalue weighted by Crippen LogP contribution is 2.20. The average Bonchev–Trinajstić information content (AvgIpc) is 2.78. The molecule has 0 N–H and O–H groups in total. The maximum absolute atomic E-state index is 12.3. The molecule has 0 heterocycles. The highest BCUT2D eigenvalue weighted by atomic mass is 16.5. The molecule has 0 bridgehead atoms. The summed E-state index contributed by atoms with van der Waals surface area (Å²) in [4.78, 5) is 16.8. The van der Waals surface area contributed by atoms with Crippen LogP contribution < -0.4 is 9.47 Å². The van der Waals surface area contributed by atoms with Gasteiger partial charge >= 0.3 is 5.97 Å². The molecule has 0 saturated carbocycles. The number of esters is 1. The summed E-state index contributed by atoms with van der Waals surface area (Å²) in [5.74, 6) is 1.34. The quantitative estimate of drug-likeness (QED) is 0.244. The topological polar surface area (TPSA) is 47.9 Å². The van der Waals surface area contributed by atoms with E-state index >= 15 is 0 Å². The molecular weight excluding hydrogens is 374 g/mol. The summed E-state index contributed by atoms with van der Waals surface area (Å²) in [6, 6.07) is 22.5. The van der Waals surface area contributed by atoms with Gasteiger partial charge in [-0.05, 0) is 84.1 Å². The van der Waals surface area contributed by atoms with Crippen molar-refractivity contribution in [2.24, 2.45) is 4.99 Å². The third-order valence-electron chi connectivity index (χ3n) is 4.58. The first-order valence-electron chi connectivity index (χ1n) is 10.2. The second kappa shape index (κ2) is 10.4. The Morgan fingerprint density at radius 2 is 1.53 bits per heavy atom. The molecule has 4 heteroatoms. The van der Waals surface area contributed by atoms with Gasteiger partial charge in [0.15, 0.2) is 0 Å². The summed E-state index contributed by atoms with van der Waals surface area (Å²) in [7, 11) is 0. The van der Waals surface area contributed by atoms with Crippen molar-refractivity contribution < 1.29 is 14.3 Å². The fourth-order valence-corrected chi connectivity index (χ4v) is 2.79. The van der Waals surface area contributed by atoms with Crippen LogP contribution in [0.15, 0.2) is 77.8 Å². The van der Waals surface area contributed by atoms with E-state index in [1.54, 1.807) is 42.6 Å². The molecule has 0 fully saturated rings. The van der Waals surface area contributed by atoms with Crippen molar-refractivity contribution in [3.8, 4) is 11.5 Å². The molecule has 0 atom stereocenters. The molecule has 0 amide bonds. The van der Waals surface area contributed by atoms with Crippen LogP contribution in [0, 0.1) is 0 Å². The average molecular weight is 402 g/mol. The summed E-state index contributed by atoms with van der Waals surface area (Å²) in [5, 5.41) is 0. The lowest BCUT2D eigenvalue weighted by atomic mass is 10.0. The Morgan fingerprint density at radius 3 is 2.13 bits per heavy atom. The van der Waals surface area contributed by atoms with Crippen LogP contribution in [-0.2, 0) is 0 Å². The van der Waals surface area contributed by atoms with Crippen molar-refractivity contribution in [1.29, 1.82) is 0 Å². The molecule has 4 nitrogen and oxygen atoms in total. The van der Waals surface area contributed by atoms with Crippen LogP contribution >= 0.6 is 0 Å². The number of carbonyl (C=O) groups excluding carboxylic acids is 1. The minimum Gasteiger partial charge on any atom is -0.494 e. The van der Waals surface area contributed by atoms with E-state index in [1.807, 2.05) is 31.2 Å². The lowest BCUT2D eigenvalue weighted by Crippen LogP contribution is -2.08. The van der Waals surface area contributed by atoms with Gasteiger partial charge in [0.1, 0.15) is 11.5 Å². The minimum absolute atomic E-state index is 0.399. The zero-order chi connectivity index (χ0) is 21.3. The van der Waals surface area contributed by atoms with Crippen molar-refractivity contribution in [3.63, 3.8) is 0 Å². The zero-order valence-electron chi connectivity index (χ0n) is 17.7. The van der Waals surface area contributed by atoms with Crippen LogP contribution in [0.4, 0.5) is 5.69 Å². The smallest absolute Gasteiger partial charge is 0.343 e. The fraction of sp³-hybridized carbons (Fsp3) is 0.231. The standard InChI is InChI=1S/C26H27NO3/c1-4-17-29-24-15-9-22(10-16-24)26(28)30-25-13-5-20(6-14-25)18-27-23-11-7-21(8-12-23)19(2)3/h5-16,18-19H,4,17H2,1-3H3. The Hall–Kier alpha value is -3.40. The number of hydrogen-bond donors (Lipinski definition) is 0. The first kappa shape index (κ1) is 21.3. The molecule has 0 aliphatic carbocycles.